The first kappa shape index (κ1) is 16.8. The molecule has 122 valence electrons. The molecule has 0 aromatic heterocycles. The quantitative estimate of drug-likeness (QED) is 0.781. The van der Waals surface area contributed by atoms with Gasteiger partial charge in [0, 0.05) is 38.3 Å². The van der Waals surface area contributed by atoms with Gasteiger partial charge < -0.3 is 14.5 Å². The number of likely N-dealkylation sites (tertiary alicyclic amines) is 1. The summed E-state index contributed by atoms with van der Waals surface area (Å²) < 4.78 is 5.28. The van der Waals surface area contributed by atoms with Crippen LogP contribution in [0.25, 0.3) is 0 Å². The van der Waals surface area contributed by atoms with Crippen LogP contribution in [0.2, 0.25) is 0 Å². The van der Waals surface area contributed by atoms with Crippen molar-refractivity contribution in [1.29, 1.82) is 0 Å². The van der Waals surface area contributed by atoms with Crippen LogP contribution in [0, 0.1) is 5.92 Å². The number of hydrogen-bond acceptors (Lipinski definition) is 3. The van der Waals surface area contributed by atoms with E-state index in [4.69, 9.17) is 4.74 Å². The number of rotatable bonds is 5. The SMILES string of the molecule is COCCC1(N(C)C)CCN(C(=O)C2CCCCC2)CC1. The normalized spacial score (nSPS) is 23.5. The predicted molar refractivity (Wildman–Crippen MR) is 85.3 cm³/mol. The summed E-state index contributed by atoms with van der Waals surface area (Å²) in [5.74, 6) is 0.735. The Bertz CT molecular complexity index is 330. The molecule has 0 bridgehead atoms. The number of piperidine rings is 1. The van der Waals surface area contributed by atoms with E-state index >= 15 is 0 Å². The van der Waals surface area contributed by atoms with E-state index < -0.39 is 0 Å². The zero-order valence-corrected chi connectivity index (χ0v) is 14.1. The zero-order chi connectivity index (χ0) is 15.3. The lowest BCUT2D eigenvalue weighted by atomic mass is 9.82. The van der Waals surface area contributed by atoms with Crippen LogP contribution < -0.4 is 0 Å². The summed E-state index contributed by atoms with van der Waals surface area (Å²) in [7, 11) is 6.09. The molecule has 2 rings (SSSR count). The zero-order valence-electron chi connectivity index (χ0n) is 14.1. The molecule has 0 aromatic carbocycles. The van der Waals surface area contributed by atoms with E-state index in [1.807, 2.05) is 0 Å². The number of nitrogens with zero attached hydrogens (tertiary/aromatic N) is 2. The second-order valence-corrected chi connectivity index (χ2v) is 7.02. The van der Waals surface area contributed by atoms with Gasteiger partial charge in [0.2, 0.25) is 5.91 Å². The number of hydrogen-bond donors (Lipinski definition) is 0. The van der Waals surface area contributed by atoms with Crippen LogP contribution in [0.5, 0.6) is 0 Å². The Labute approximate surface area is 129 Å². The molecule has 0 atom stereocenters. The van der Waals surface area contributed by atoms with Crippen molar-refractivity contribution < 1.29 is 9.53 Å². The molecule has 2 fully saturated rings. The van der Waals surface area contributed by atoms with Gasteiger partial charge in [-0.05, 0) is 46.2 Å². The van der Waals surface area contributed by atoms with Crippen LogP contribution in [0.15, 0.2) is 0 Å². The highest BCUT2D eigenvalue weighted by Gasteiger charge is 2.38. The monoisotopic (exact) mass is 296 g/mol. The molecule has 1 saturated heterocycles. The third-order valence-corrected chi connectivity index (χ3v) is 5.68. The molecule has 0 spiro atoms. The maximum absolute atomic E-state index is 12.6. The Balaban J connectivity index is 1.89. The minimum absolute atomic E-state index is 0.208. The van der Waals surface area contributed by atoms with Gasteiger partial charge in [-0.25, -0.2) is 0 Å². The van der Waals surface area contributed by atoms with Gasteiger partial charge >= 0.3 is 0 Å². The van der Waals surface area contributed by atoms with Gasteiger partial charge in [0.05, 0.1) is 0 Å². The van der Waals surface area contributed by atoms with Crippen molar-refractivity contribution in [3.8, 4) is 0 Å². The molecule has 0 N–H and O–H groups in total. The van der Waals surface area contributed by atoms with E-state index in [1.165, 1.54) is 19.3 Å². The van der Waals surface area contributed by atoms with Crippen LogP contribution in [0.4, 0.5) is 0 Å². The average Bonchev–Trinajstić information content (AvgIpc) is 2.53. The fraction of sp³-hybridized carbons (Fsp3) is 0.941. The highest BCUT2D eigenvalue weighted by Crippen LogP contribution is 2.33. The number of ether oxygens (including phenoxy) is 1. The van der Waals surface area contributed by atoms with Crippen molar-refractivity contribution in [2.45, 2.75) is 56.9 Å². The fourth-order valence-electron chi connectivity index (χ4n) is 3.96. The van der Waals surface area contributed by atoms with Gasteiger partial charge in [-0.2, -0.15) is 0 Å². The molecule has 2 aliphatic rings. The fourth-order valence-corrected chi connectivity index (χ4v) is 3.96. The summed E-state index contributed by atoms with van der Waals surface area (Å²) in [4.78, 5) is 17.1. The molecule has 1 aliphatic heterocycles. The Kier molecular flexibility index (Phi) is 6.06. The minimum atomic E-state index is 0.208. The molecule has 4 nitrogen and oxygen atoms in total. The van der Waals surface area contributed by atoms with Crippen LogP contribution in [-0.2, 0) is 9.53 Å². The molecular formula is C17H32N2O2. The largest absolute Gasteiger partial charge is 0.385 e. The summed E-state index contributed by atoms with van der Waals surface area (Å²) >= 11 is 0. The molecule has 0 aromatic rings. The molecule has 0 radical (unpaired) electrons. The lowest BCUT2D eigenvalue weighted by Gasteiger charge is -2.47. The Morgan fingerprint density at radius 2 is 1.81 bits per heavy atom. The second kappa shape index (κ2) is 7.59. The van der Waals surface area contributed by atoms with Crippen molar-refractivity contribution in [1.82, 2.24) is 9.80 Å². The molecule has 1 saturated carbocycles. The first-order valence-electron chi connectivity index (χ1n) is 8.54. The summed E-state index contributed by atoms with van der Waals surface area (Å²) in [5.41, 5.74) is 0.208. The summed E-state index contributed by atoms with van der Waals surface area (Å²) in [5, 5.41) is 0. The Morgan fingerprint density at radius 1 is 1.19 bits per heavy atom. The van der Waals surface area contributed by atoms with E-state index in [0.717, 1.165) is 51.8 Å². The molecule has 21 heavy (non-hydrogen) atoms. The Hall–Kier alpha value is -0.610. The number of amides is 1. The maximum atomic E-state index is 12.6. The molecule has 1 heterocycles. The van der Waals surface area contributed by atoms with Crippen LogP contribution in [-0.4, -0.2) is 62.1 Å². The van der Waals surface area contributed by atoms with Crippen molar-refractivity contribution >= 4 is 5.91 Å². The van der Waals surface area contributed by atoms with Gasteiger partial charge in [0.1, 0.15) is 0 Å². The Morgan fingerprint density at radius 3 is 2.33 bits per heavy atom. The predicted octanol–water partition coefficient (Wildman–Crippen LogP) is 2.53. The number of carbonyl (C=O) groups is 1. The minimum Gasteiger partial charge on any atom is -0.385 e. The first-order valence-corrected chi connectivity index (χ1v) is 8.54. The van der Waals surface area contributed by atoms with E-state index in [2.05, 4.69) is 23.9 Å². The van der Waals surface area contributed by atoms with Crippen molar-refractivity contribution in [2.75, 3.05) is 40.9 Å². The van der Waals surface area contributed by atoms with E-state index in [0.29, 0.717) is 11.8 Å². The summed E-state index contributed by atoms with van der Waals surface area (Å²) in [6.07, 6.45) is 9.20. The third-order valence-electron chi connectivity index (χ3n) is 5.68. The van der Waals surface area contributed by atoms with Crippen molar-refractivity contribution in [3.63, 3.8) is 0 Å². The number of carbonyl (C=O) groups excluding carboxylic acids is 1. The van der Waals surface area contributed by atoms with Crippen molar-refractivity contribution in [2.24, 2.45) is 5.92 Å². The standard InChI is InChI=1S/C17H32N2O2/c1-18(2)17(11-14-21-3)9-12-19(13-10-17)16(20)15-7-5-4-6-8-15/h15H,4-14H2,1-3H3. The smallest absolute Gasteiger partial charge is 0.225 e. The van der Waals surface area contributed by atoms with E-state index in [9.17, 15) is 4.79 Å². The third kappa shape index (κ3) is 3.98. The van der Waals surface area contributed by atoms with Gasteiger partial charge in [-0.3, -0.25) is 4.79 Å². The van der Waals surface area contributed by atoms with Gasteiger partial charge in [0.25, 0.3) is 0 Å². The van der Waals surface area contributed by atoms with Crippen LogP contribution in [0.1, 0.15) is 51.4 Å². The maximum Gasteiger partial charge on any atom is 0.225 e. The van der Waals surface area contributed by atoms with Gasteiger partial charge in [0.15, 0.2) is 0 Å². The highest BCUT2D eigenvalue weighted by atomic mass is 16.5. The van der Waals surface area contributed by atoms with E-state index in [-0.39, 0.29) is 5.54 Å². The highest BCUT2D eigenvalue weighted by molar-refractivity contribution is 5.79. The molecular weight excluding hydrogens is 264 g/mol. The van der Waals surface area contributed by atoms with E-state index in [1.54, 1.807) is 7.11 Å². The average molecular weight is 296 g/mol. The lowest BCUT2D eigenvalue weighted by molar-refractivity contribution is -0.139. The second-order valence-electron chi connectivity index (χ2n) is 7.02. The van der Waals surface area contributed by atoms with Crippen LogP contribution >= 0.6 is 0 Å². The summed E-state index contributed by atoms with van der Waals surface area (Å²) in [6.45, 7) is 2.63. The molecule has 1 amide bonds. The van der Waals surface area contributed by atoms with Gasteiger partial charge in [-0.15, -0.1) is 0 Å². The molecule has 0 unspecified atom stereocenters. The lowest BCUT2D eigenvalue weighted by Crippen LogP contribution is -2.55. The number of methoxy groups -OCH3 is 1. The molecule has 4 heteroatoms. The van der Waals surface area contributed by atoms with Gasteiger partial charge in [-0.1, -0.05) is 19.3 Å². The molecule has 1 aliphatic carbocycles. The topological polar surface area (TPSA) is 32.8 Å². The summed E-state index contributed by atoms with van der Waals surface area (Å²) in [6, 6.07) is 0. The first-order chi connectivity index (χ1) is 10.1. The van der Waals surface area contributed by atoms with Crippen LogP contribution in [0.3, 0.4) is 0 Å². The van der Waals surface area contributed by atoms with Crippen molar-refractivity contribution in [3.05, 3.63) is 0 Å².